The molecule has 1 aliphatic rings. The van der Waals surface area contributed by atoms with E-state index in [2.05, 4.69) is 0 Å². The van der Waals surface area contributed by atoms with Crippen LogP contribution in [-0.2, 0) is 14.3 Å². The van der Waals surface area contributed by atoms with Gasteiger partial charge in [-0.3, -0.25) is 4.79 Å². The molecule has 1 heterocycles. The molecule has 0 aromatic carbocycles. The number of carboxylic acid groups (broad SMARTS) is 1. The number of hydrogen-bond acceptors (Lipinski definition) is 4. The van der Waals surface area contributed by atoms with Crippen LogP contribution in [0, 0.1) is 0 Å². The lowest BCUT2D eigenvalue weighted by Gasteiger charge is -2.35. The molecular formula is C12H21NO4S. The summed E-state index contributed by atoms with van der Waals surface area (Å²) in [6.07, 6.45) is -1.14. The van der Waals surface area contributed by atoms with E-state index in [4.69, 9.17) is 9.84 Å². The van der Waals surface area contributed by atoms with Crippen LogP contribution in [0.25, 0.3) is 0 Å². The first-order valence-electron chi connectivity index (χ1n) is 5.99. The van der Waals surface area contributed by atoms with E-state index >= 15 is 0 Å². The molecule has 1 unspecified atom stereocenters. The van der Waals surface area contributed by atoms with Gasteiger partial charge in [-0.05, 0) is 6.92 Å². The lowest BCUT2D eigenvalue weighted by Crippen LogP contribution is -2.52. The normalized spacial score (nSPS) is 25.0. The van der Waals surface area contributed by atoms with Crippen molar-refractivity contribution >= 4 is 23.6 Å². The van der Waals surface area contributed by atoms with E-state index < -0.39 is 12.1 Å². The number of amides is 1. The summed E-state index contributed by atoms with van der Waals surface area (Å²) in [5.41, 5.74) is 0. The molecule has 1 amide bonds. The summed E-state index contributed by atoms with van der Waals surface area (Å²) >= 11 is 1.57. The zero-order valence-corrected chi connectivity index (χ0v) is 12.1. The Hall–Kier alpha value is -0.750. The van der Waals surface area contributed by atoms with Crippen molar-refractivity contribution in [2.45, 2.75) is 44.6 Å². The van der Waals surface area contributed by atoms with E-state index in [1.807, 2.05) is 20.8 Å². The van der Waals surface area contributed by atoms with Crippen molar-refractivity contribution in [3.8, 4) is 0 Å². The van der Waals surface area contributed by atoms with Gasteiger partial charge in [0, 0.05) is 11.3 Å². The zero-order chi connectivity index (χ0) is 13.9. The maximum absolute atomic E-state index is 12.0. The molecule has 0 spiro atoms. The SMILES string of the molecule is C[C@@H]1CN(C(=O)CSC(C)(C)C)CC(C(=O)O)O1. The van der Waals surface area contributed by atoms with Gasteiger partial charge in [-0.1, -0.05) is 20.8 Å². The first-order chi connectivity index (χ1) is 8.19. The molecule has 1 aliphatic heterocycles. The fourth-order valence-corrected chi connectivity index (χ4v) is 2.40. The second-order valence-corrected chi connectivity index (χ2v) is 7.28. The molecule has 0 aromatic rings. The third-order valence-electron chi connectivity index (χ3n) is 2.52. The van der Waals surface area contributed by atoms with Crippen molar-refractivity contribution in [2.75, 3.05) is 18.8 Å². The Morgan fingerprint density at radius 1 is 1.39 bits per heavy atom. The number of carbonyl (C=O) groups excluding carboxylic acids is 1. The molecular weight excluding hydrogens is 254 g/mol. The van der Waals surface area contributed by atoms with E-state index in [-0.39, 0.29) is 23.3 Å². The van der Waals surface area contributed by atoms with Crippen LogP contribution in [0.5, 0.6) is 0 Å². The fourth-order valence-electron chi connectivity index (χ4n) is 1.66. The number of aliphatic carboxylic acids is 1. The summed E-state index contributed by atoms with van der Waals surface area (Å²) in [5, 5.41) is 8.95. The van der Waals surface area contributed by atoms with Gasteiger partial charge in [0.05, 0.1) is 18.4 Å². The molecule has 0 radical (unpaired) electrons. The van der Waals surface area contributed by atoms with Gasteiger partial charge in [0.1, 0.15) is 0 Å². The summed E-state index contributed by atoms with van der Waals surface area (Å²) in [6, 6.07) is 0. The number of ether oxygens (including phenoxy) is 1. The quantitative estimate of drug-likeness (QED) is 0.839. The Kier molecular flexibility index (Phi) is 5.04. The fraction of sp³-hybridized carbons (Fsp3) is 0.833. The maximum Gasteiger partial charge on any atom is 0.334 e. The van der Waals surface area contributed by atoms with Crippen molar-refractivity contribution in [3.63, 3.8) is 0 Å². The van der Waals surface area contributed by atoms with Gasteiger partial charge in [0.25, 0.3) is 0 Å². The van der Waals surface area contributed by atoms with Crippen LogP contribution in [-0.4, -0.2) is 57.7 Å². The molecule has 104 valence electrons. The Bertz CT molecular complexity index is 327. The highest BCUT2D eigenvalue weighted by atomic mass is 32.2. The van der Waals surface area contributed by atoms with Gasteiger partial charge in [-0.25, -0.2) is 4.79 Å². The molecule has 5 nitrogen and oxygen atoms in total. The van der Waals surface area contributed by atoms with Crippen LogP contribution >= 0.6 is 11.8 Å². The average Bonchev–Trinajstić information content (AvgIpc) is 2.23. The summed E-state index contributed by atoms with van der Waals surface area (Å²) in [4.78, 5) is 24.5. The third kappa shape index (κ3) is 4.86. The summed E-state index contributed by atoms with van der Waals surface area (Å²) < 4.78 is 5.30. The molecule has 0 saturated carbocycles. The first-order valence-corrected chi connectivity index (χ1v) is 6.97. The Morgan fingerprint density at radius 3 is 2.50 bits per heavy atom. The third-order valence-corrected chi connectivity index (χ3v) is 3.77. The molecule has 6 heteroatoms. The molecule has 0 aliphatic carbocycles. The predicted octanol–water partition coefficient (Wildman–Crippen LogP) is 1.22. The minimum Gasteiger partial charge on any atom is -0.479 e. The van der Waals surface area contributed by atoms with Crippen molar-refractivity contribution in [1.29, 1.82) is 0 Å². The van der Waals surface area contributed by atoms with Crippen molar-refractivity contribution in [3.05, 3.63) is 0 Å². The molecule has 0 bridgehead atoms. The summed E-state index contributed by atoms with van der Waals surface area (Å²) in [6.45, 7) is 8.54. The molecule has 2 atom stereocenters. The molecule has 1 N–H and O–H groups in total. The van der Waals surface area contributed by atoms with Crippen molar-refractivity contribution in [2.24, 2.45) is 0 Å². The standard InChI is InChI=1S/C12H21NO4S/c1-8-5-13(6-9(17-8)11(15)16)10(14)7-18-12(2,3)4/h8-9H,5-7H2,1-4H3,(H,15,16)/t8-,9?/m1/s1. The zero-order valence-electron chi connectivity index (χ0n) is 11.3. The van der Waals surface area contributed by atoms with Crippen LogP contribution in [0.2, 0.25) is 0 Å². The monoisotopic (exact) mass is 275 g/mol. The highest BCUT2D eigenvalue weighted by molar-refractivity contribution is 8.01. The Labute approximate surface area is 112 Å². The van der Waals surface area contributed by atoms with E-state index in [0.717, 1.165) is 0 Å². The summed E-state index contributed by atoms with van der Waals surface area (Å²) in [7, 11) is 0. The average molecular weight is 275 g/mol. The second kappa shape index (κ2) is 5.93. The van der Waals surface area contributed by atoms with Gasteiger partial charge in [0.15, 0.2) is 6.10 Å². The van der Waals surface area contributed by atoms with Gasteiger partial charge < -0.3 is 14.7 Å². The molecule has 1 fully saturated rings. The number of carbonyl (C=O) groups is 2. The minimum absolute atomic E-state index is 0.0173. The number of morpholine rings is 1. The number of thioether (sulfide) groups is 1. The molecule has 18 heavy (non-hydrogen) atoms. The number of hydrogen-bond donors (Lipinski definition) is 1. The smallest absolute Gasteiger partial charge is 0.334 e. The van der Waals surface area contributed by atoms with Crippen LogP contribution in [0.3, 0.4) is 0 Å². The number of carboxylic acids is 1. The maximum atomic E-state index is 12.0. The highest BCUT2D eigenvalue weighted by Crippen LogP contribution is 2.24. The topological polar surface area (TPSA) is 66.8 Å². The van der Waals surface area contributed by atoms with Crippen molar-refractivity contribution < 1.29 is 19.4 Å². The molecule has 1 rings (SSSR count). The van der Waals surface area contributed by atoms with Crippen molar-refractivity contribution in [1.82, 2.24) is 4.90 Å². The van der Waals surface area contributed by atoms with E-state index in [1.165, 1.54) is 0 Å². The molecule has 0 aromatic heterocycles. The minimum atomic E-state index is -1.01. The van der Waals surface area contributed by atoms with E-state index in [1.54, 1.807) is 23.6 Å². The highest BCUT2D eigenvalue weighted by Gasteiger charge is 2.32. The first kappa shape index (κ1) is 15.3. The largest absolute Gasteiger partial charge is 0.479 e. The lowest BCUT2D eigenvalue weighted by atomic mass is 10.2. The number of rotatable bonds is 3. The summed E-state index contributed by atoms with van der Waals surface area (Å²) in [5.74, 6) is -0.651. The van der Waals surface area contributed by atoms with Crippen LogP contribution in [0.15, 0.2) is 0 Å². The van der Waals surface area contributed by atoms with Crippen LogP contribution in [0.1, 0.15) is 27.7 Å². The number of nitrogens with zero attached hydrogens (tertiary/aromatic N) is 1. The Balaban J connectivity index is 2.54. The lowest BCUT2D eigenvalue weighted by molar-refractivity contribution is -0.165. The molecule has 1 saturated heterocycles. The second-order valence-electron chi connectivity index (χ2n) is 5.47. The van der Waals surface area contributed by atoms with Crippen LogP contribution in [0.4, 0.5) is 0 Å². The van der Waals surface area contributed by atoms with Gasteiger partial charge in [0.2, 0.25) is 5.91 Å². The Morgan fingerprint density at radius 2 is 2.00 bits per heavy atom. The predicted molar refractivity (Wildman–Crippen MR) is 70.8 cm³/mol. The van der Waals surface area contributed by atoms with Gasteiger partial charge in [-0.15, -0.1) is 11.8 Å². The van der Waals surface area contributed by atoms with Gasteiger partial charge >= 0.3 is 5.97 Å². The van der Waals surface area contributed by atoms with Crippen LogP contribution < -0.4 is 0 Å². The van der Waals surface area contributed by atoms with Gasteiger partial charge in [-0.2, -0.15) is 0 Å². The van der Waals surface area contributed by atoms with E-state index in [9.17, 15) is 9.59 Å². The van der Waals surface area contributed by atoms with E-state index in [0.29, 0.717) is 12.3 Å².